The fourth-order valence-corrected chi connectivity index (χ4v) is 2.04. The first-order chi connectivity index (χ1) is 6.68. The summed E-state index contributed by atoms with van der Waals surface area (Å²) in [5.74, 6) is -1.73. The molecule has 1 heterocycles. The Morgan fingerprint density at radius 1 is 1.29 bits per heavy atom. The van der Waals surface area contributed by atoms with Gasteiger partial charge in [-0.15, -0.1) is 0 Å². The minimum Gasteiger partial charge on any atom is -0.310 e. The molecule has 1 atom stereocenters. The van der Waals surface area contributed by atoms with E-state index in [0.29, 0.717) is 10.6 Å². The second-order valence-electron chi connectivity index (χ2n) is 3.44. The van der Waals surface area contributed by atoms with Crippen molar-refractivity contribution in [2.24, 2.45) is 0 Å². The number of rotatable bonds is 1. The maximum atomic E-state index is 13.0. The average Bonchev–Trinajstić information content (AvgIpc) is 2.64. The summed E-state index contributed by atoms with van der Waals surface area (Å²) in [6, 6.07) is 2.28. The molecule has 1 saturated heterocycles. The van der Waals surface area contributed by atoms with Crippen molar-refractivity contribution in [1.29, 1.82) is 0 Å². The molecule has 76 valence electrons. The molecule has 4 heteroatoms. The number of benzene rings is 1. The van der Waals surface area contributed by atoms with Gasteiger partial charge in [0.25, 0.3) is 0 Å². The van der Waals surface area contributed by atoms with Crippen LogP contribution in [0.3, 0.4) is 0 Å². The molecule has 1 aliphatic heterocycles. The second kappa shape index (κ2) is 3.83. The molecular formula is C10H10ClF2N. The SMILES string of the molecule is Fc1cc(Cl)c(C2CCCN2)cc1F. The Kier molecular flexibility index (Phi) is 2.70. The summed E-state index contributed by atoms with van der Waals surface area (Å²) in [6.45, 7) is 0.903. The van der Waals surface area contributed by atoms with Crippen molar-refractivity contribution in [2.75, 3.05) is 6.54 Å². The summed E-state index contributed by atoms with van der Waals surface area (Å²) < 4.78 is 25.7. The van der Waals surface area contributed by atoms with Crippen LogP contribution in [0.5, 0.6) is 0 Å². The molecule has 1 aromatic rings. The molecule has 1 aromatic carbocycles. The van der Waals surface area contributed by atoms with Gasteiger partial charge in [-0.05, 0) is 37.1 Å². The first kappa shape index (κ1) is 9.87. The van der Waals surface area contributed by atoms with Crippen LogP contribution in [0.15, 0.2) is 12.1 Å². The molecule has 1 unspecified atom stereocenters. The predicted octanol–water partition coefficient (Wildman–Crippen LogP) is 3.04. The topological polar surface area (TPSA) is 12.0 Å². The quantitative estimate of drug-likeness (QED) is 0.713. The standard InChI is InChI=1S/C10H10ClF2N/c11-7-5-9(13)8(12)4-6(7)10-2-1-3-14-10/h4-5,10,14H,1-3H2. The van der Waals surface area contributed by atoms with Crippen LogP contribution in [-0.4, -0.2) is 6.54 Å². The summed E-state index contributed by atoms with van der Waals surface area (Å²) >= 11 is 5.83. The van der Waals surface area contributed by atoms with Crippen molar-refractivity contribution in [2.45, 2.75) is 18.9 Å². The monoisotopic (exact) mass is 217 g/mol. The Bertz CT molecular complexity index is 348. The van der Waals surface area contributed by atoms with Crippen molar-refractivity contribution in [3.8, 4) is 0 Å². The molecule has 0 aromatic heterocycles. The fraction of sp³-hybridized carbons (Fsp3) is 0.400. The van der Waals surface area contributed by atoms with E-state index in [4.69, 9.17) is 11.6 Å². The third-order valence-corrected chi connectivity index (χ3v) is 2.80. The molecule has 1 aliphatic rings. The van der Waals surface area contributed by atoms with Gasteiger partial charge in [0.05, 0.1) is 0 Å². The molecule has 14 heavy (non-hydrogen) atoms. The lowest BCUT2D eigenvalue weighted by Crippen LogP contribution is -2.13. The van der Waals surface area contributed by atoms with E-state index < -0.39 is 11.6 Å². The van der Waals surface area contributed by atoms with Gasteiger partial charge < -0.3 is 5.32 Å². The first-order valence-electron chi connectivity index (χ1n) is 4.56. The summed E-state index contributed by atoms with van der Waals surface area (Å²) in [5, 5.41) is 3.48. The number of nitrogens with one attached hydrogen (secondary N) is 1. The molecule has 1 N–H and O–H groups in total. The molecular weight excluding hydrogens is 208 g/mol. The Labute approximate surface area is 86.1 Å². The van der Waals surface area contributed by atoms with Gasteiger partial charge in [0.2, 0.25) is 0 Å². The Balaban J connectivity index is 2.37. The van der Waals surface area contributed by atoms with E-state index in [1.165, 1.54) is 6.07 Å². The van der Waals surface area contributed by atoms with Crippen molar-refractivity contribution in [3.05, 3.63) is 34.4 Å². The highest BCUT2D eigenvalue weighted by Crippen LogP contribution is 2.30. The smallest absolute Gasteiger partial charge is 0.160 e. The van der Waals surface area contributed by atoms with Crippen LogP contribution < -0.4 is 5.32 Å². The fourth-order valence-electron chi connectivity index (χ4n) is 1.75. The maximum Gasteiger partial charge on any atom is 0.160 e. The molecule has 0 aliphatic carbocycles. The van der Waals surface area contributed by atoms with Crippen LogP contribution in [0.25, 0.3) is 0 Å². The largest absolute Gasteiger partial charge is 0.310 e. The molecule has 2 rings (SSSR count). The van der Waals surface area contributed by atoms with Crippen LogP contribution in [0.2, 0.25) is 5.02 Å². The Hall–Kier alpha value is -0.670. The lowest BCUT2D eigenvalue weighted by molar-refractivity contribution is 0.503. The zero-order valence-corrected chi connectivity index (χ0v) is 8.24. The van der Waals surface area contributed by atoms with Crippen molar-refractivity contribution < 1.29 is 8.78 Å². The van der Waals surface area contributed by atoms with Gasteiger partial charge in [-0.1, -0.05) is 11.6 Å². The summed E-state index contributed by atoms with van der Waals surface area (Å²) in [4.78, 5) is 0. The van der Waals surface area contributed by atoms with Gasteiger partial charge in [-0.2, -0.15) is 0 Å². The third-order valence-electron chi connectivity index (χ3n) is 2.48. The van der Waals surface area contributed by atoms with E-state index in [0.717, 1.165) is 25.5 Å². The van der Waals surface area contributed by atoms with Crippen molar-refractivity contribution >= 4 is 11.6 Å². The maximum absolute atomic E-state index is 13.0. The zero-order chi connectivity index (χ0) is 10.1. The normalized spacial score (nSPS) is 21.5. The highest BCUT2D eigenvalue weighted by Gasteiger charge is 2.20. The molecule has 0 bridgehead atoms. The van der Waals surface area contributed by atoms with Crippen molar-refractivity contribution in [1.82, 2.24) is 5.32 Å². The second-order valence-corrected chi connectivity index (χ2v) is 3.84. The lowest BCUT2D eigenvalue weighted by atomic mass is 10.1. The van der Waals surface area contributed by atoms with Gasteiger partial charge in [0, 0.05) is 11.1 Å². The average molecular weight is 218 g/mol. The minimum absolute atomic E-state index is 0.0672. The van der Waals surface area contributed by atoms with Gasteiger partial charge in [0.15, 0.2) is 11.6 Å². The summed E-state index contributed by atoms with van der Waals surface area (Å²) in [6.07, 6.45) is 1.96. The summed E-state index contributed by atoms with van der Waals surface area (Å²) in [7, 11) is 0. The highest BCUT2D eigenvalue weighted by molar-refractivity contribution is 6.31. The highest BCUT2D eigenvalue weighted by atomic mass is 35.5. The predicted molar refractivity (Wildman–Crippen MR) is 51.3 cm³/mol. The summed E-state index contributed by atoms with van der Waals surface area (Å²) in [5.41, 5.74) is 0.656. The van der Waals surface area contributed by atoms with Crippen LogP contribution in [0.4, 0.5) is 8.78 Å². The van der Waals surface area contributed by atoms with Crippen LogP contribution in [0.1, 0.15) is 24.4 Å². The number of halogens is 3. The van der Waals surface area contributed by atoms with Crippen LogP contribution >= 0.6 is 11.6 Å². The number of hydrogen-bond acceptors (Lipinski definition) is 1. The lowest BCUT2D eigenvalue weighted by Gasteiger charge is -2.12. The molecule has 1 nitrogen and oxygen atoms in total. The van der Waals surface area contributed by atoms with E-state index in [9.17, 15) is 8.78 Å². The molecule has 0 saturated carbocycles. The van der Waals surface area contributed by atoms with E-state index in [-0.39, 0.29) is 6.04 Å². The Morgan fingerprint density at radius 3 is 2.64 bits per heavy atom. The van der Waals surface area contributed by atoms with E-state index in [1.54, 1.807) is 0 Å². The van der Waals surface area contributed by atoms with Crippen LogP contribution in [-0.2, 0) is 0 Å². The van der Waals surface area contributed by atoms with Gasteiger partial charge in [-0.25, -0.2) is 8.78 Å². The van der Waals surface area contributed by atoms with E-state index >= 15 is 0 Å². The van der Waals surface area contributed by atoms with E-state index in [1.807, 2.05) is 0 Å². The molecule has 0 amide bonds. The first-order valence-corrected chi connectivity index (χ1v) is 4.94. The molecule has 0 radical (unpaired) electrons. The molecule has 0 spiro atoms. The van der Waals surface area contributed by atoms with Gasteiger partial charge in [0.1, 0.15) is 0 Å². The Morgan fingerprint density at radius 2 is 2.00 bits per heavy atom. The van der Waals surface area contributed by atoms with Crippen molar-refractivity contribution in [3.63, 3.8) is 0 Å². The molecule has 1 fully saturated rings. The minimum atomic E-state index is -0.892. The van der Waals surface area contributed by atoms with Gasteiger partial charge >= 0.3 is 0 Å². The van der Waals surface area contributed by atoms with E-state index in [2.05, 4.69) is 5.32 Å². The zero-order valence-electron chi connectivity index (χ0n) is 7.49. The van der Waals surface area contributed by atoms with Gasteiger partial charge in [-0.3, -0.25) is 0 Å². The number of hydrogen-bond donors (Lipinski definition) is 1. The van der Waals surface area contributed by atoms with Crippen LogP contribution in [0, 0.1) is 11.6 Å². The third kappa shape index (κ3) is 1.74.